The zero-order valence-electron chi connectivity index (χ0n) is 20.0. The van der Waals surface area contributed by atoms with Crippen molar-refractivity contribution in [3.63, 3.8) is 0 Å². The van der Waals surface area contributed by atoms with E-state index < -0.39 is 0 Å². The number of aromatic hydroxyl groups is 3. The molecule has 0 bridgehead atoms. The molecule has 5 nitrogen and oxygen atoms in total. The summed E-state index contributed by atoms with van der Waals surface area (Å²) >= 11 is 0. The van der Waals surface area contributed by atoms with Gasteiger partial charge >= 0.3 is 0 Å². The zero-order chi connectivity index (χ0) is 24.6. The van der Waals surface area contributed by atoms with Crippen LogP contribution in [0.2, 0.25) is 0 Å². The van der Waals surface area contributed by atoms with Crippen LogP contribution in [0.25, 0.3) is 0 Å². The standard InChI is InChI=1S/C29H29NO4/c1-17-6-13-26(32)20(4)28(17)30(29-18(2)7-14-27(33)21(29)5)22-8-10-23(11-9-22)34-24-12-15-25(31)19(3)16-24/h6-16,31-33H,1-5H3. The molecule has 0 saturated heterocycles. The van der Waals surface area contributed by atoms with Crippen LogP contribution in [0.5, 0.6) is 28.7 Å². The molecule has 0 aliphatic heterocycles. The highest BCUT2D eigenvalue weighted by atomic mass is 16.5. The fourth-order valence-electron chi connectivity index (χ4n) is 4.20. The van der Waals surface area contributed by atoms with E-state index in [0.717, 1.165) is 44.9 Å². The van der Waals surface area contributed by atoms with E-state index in [2.05, 4.69) is 4.90 Å². The van der Waals surface area contributed by atoms with Crippen LogP contribution in [0, 0.1) is 34.6 Å². The molecule has 0 saturated carbocycles. The van der Waals surface area contributed by atoms with E-state index in [-0.39, 0.29) is 17.2 Å². The molecule has 0 aliphatic rings. The number of phenols is 3. The van der Waals surface area contributed by atoms with E-state index in [1.165, 1.54) is 0 Å². The Morgan fingerprint density at radius 1 is 0.529 bits per heavy atom. The van der Waals surface area contributed by atoms with Crippen molar-refractivity contribution in [2.24, 2.45) is 0 Å². The maximum absolute atomic E-state index is 10.5. The van der Waals surface area contributed by atoms with Crippen molar-refractivity contribution < 1.29 is 20.1 Å². The normalized spacial score (nSPS) is 10.9. The van der Waals surface area contributed by atoms with Crippen molar-refractivity contribution in [2.45, 2.75) is 34.6 Å². The molecule has 0 amide bonds. The average molecular weight is 456 g/mol. The molecule has 0 aliphatic carbocycles. The van der Waals surface area contributed by atoms with Crippen molar-refractivity contribution in [3.8, 4) is 28.7 Å². The molecule has 5 heteroatoms. The van der Waals surface area contributed by atoms with Gasteiger partial charge in [-0.15, -0.1) is 0 Å². The number of hydrogen-bond donors (Lipinski definition) is 3. The molecular formula is C29H29NO4. The van der Waals surface area contributed by atoms with Crippen LogP contribution in [-0.2, 0) is 0 Å². The van der Waals surface area contributed by atoms with Gasteiger partial charge in [0.05, 0.1) is 11.4 Å². The lowest BCUT2D eigenvalue weighted by atomic mass is 10.0. The second kappa shape index (κ2) is 9.02. The average Bonchev–Trinajstić information content (AvgIpc) is 2.81. The van der Waals surface area contributed by atoms with Gasteiger partial charge in [-0.2, -0.15) is 0 Å². The molecule has 0 radical (unpaired) electrons. The van der Waals surface area contributed by atoms with Gasteiger partial charge in [-0.3, -0.25) is 0 Å². The van der Waals surface area contributed by atoms with Gasteiger partial charge in [-0.25, -0.2) is 0 Å². The monoisotopic (exact) mass is 455 g/mol. The largest absolute Gasteiger partial charge is 0.508 e. The summed E-state index contributed by atoms with van der Waals surface area (Å²) in [6.45, 7) is 9.62. The highest BCUT2D eigenvalue weighted by molar-refractivity contribution is 5.85. The molecule has 0 unspecified atom stereocenters. The van der Waals surface area contributed by atoms with Gasteiger partial charge in [-0.05, 0) is 106 Å². The zero-order valence-corrected chi connectivity index (χ0v) is 20.0. The van der Waals surface area contributed by atoms with E-state index >= 15 is 0 Å². The summed E-state index contributed by atoms with van der Waals surface area (Å²) in [6.07, 6.45) is 0. The van der Waals surface area contributed by atoms with E-state index in [1.54, 1.807) is 30.3 Å². The van der Waals surface area contributed by atoms with Crippen LogP contribution in [0.4, 0.5) is 17.1 Å². The third-order valence-electron chi connectivity index (χ3n) is 6.15. The number of ether oxygens (including phenoxy) is 1. The molecule has 0 atom stereocenters. The molecule has 4 aromatic carbocycles. The second-order valence-electron chi connectivity index (χ2n) is 8.63. The van der Waals surface area contributed by atoms with Crippen LogP contribution >= 0.6 is 0 Å². The Morgan fingerprint density at radius 2 is 1.00 bits per heavy atom. The first kappa shape index (κ1) is 23.1. The van der Waals surface area contributed by atoms with E-state index in [1.807, 2.05) is 71.0 Å². The summed E-state index contributed by atoms with van der Waals surface area (Å²) in [4.78, 5) is 2.07. The summed E-state index contributed by atoms with van der Waals surface area (Å²) < 4.78 is 5.98. The minimum Gasteiger partial charge on any atom is -0.508 e. The Hall–Kier alpha value is -4.12. The maximum atomic E-state index is 10.5. The first-order chi connectivity index (χ1) is 16.2. The van der Waals surface area contributed by atoms with Gasteiger partial charge in [0, 0.05) is 16.8 Å². The molecule has 4 aromatic rings. The molecule has 174 valence electrons. The number of anilines is 3. The summed E-state index contributed by atoms with van der Waals surface area (Å²) in [5.74, 6) is 1.95. The maximum Gasteiger partial charge on any atom is 0.127 e. The fourth-order valence-corrected chi connectivity index (χ4v) is 4.20. The van der Waals surface area contributed by atoms with Gasteiger partial charge in [0.25, 0.3) is 0 Å². The van der Waals surface area contributed by atoms with Gasteiger partial charge in [0.2, 0.25) is 0 Å². The summed E-state index contributed by atoms with van der Waals surface area (Å²) in [6, 6.07) is 20.0. The van der Waals surface area contributed by atoms with Crippen LogP contribution in [0.15, 0.2) is 66.7 Å². The Bertz CT molecular complexity index is 1300. The minimum atomic E-state index is 0.212. The predicted octanol–water partition coefficient (Wildman–Crippen LogP) is 7.61. The lowest BCUT2D eigenvalue weighted by Gasteiger charge is -2.31. The Labute approximate surface area is 200 Å². The summed E-state index contributed by atoms with van der Waals surface area (Å²) in [5.41, 5.74) is 6.82. The SMILES string of the molecule is Cc1cc(Oc2ccc(N(c3c(C)ccc(O)c3C)c3c(C)ccc(O)c3C)cc2)ccc1O. The van der Waals surface area contributed by atoms with E-state index in [4.69, 9.17) is 4.74 Å². The highest BCUT2D eigenvalue weighted by Gasteiger charge is 2.23. The Kier molecular flexibility index (Phi) is 6.12. The molecule has 0 fully saturated rings. The van der Waals surface area contributed by atoms with Crippen LogP contribution in [-0.4, -0.2) is 15.3 Å². The predicted molar refractivity (Wildman–Crippen MR) is 136 cm³/mol. The lowest BCUT2D eigenvalue weighted by Crippen LogP contribution is -2.15. The second-order valence-corrected chi connectivity index (χ2v) is 8.63. The fraction of sp³-hybridized carbons (Fsp3) is 0.172. The van der Waals surface area contributed by atoms with Crippen LogP contribution in [0.3, 0.4) is 0 Å². The van der Waals surface area contributed by atoms with Gasteiger partial charge in [0.1, 0.15) is 28.7 Å². The Morgan fingerprint density at radius 3 is 1.50 bits per heavy atom. The van der Waals surface area contributed by atoms with Gasteiger partial charge < -0.3 is 25.0 Å². The number of phenolic OH excluding ortho intramolecular Hbond substituents is 3. The lowest BCUT2D eigenvalue weighted by molar-refractivity contribution is 0.460. The molecule has 0 heterocycles. The van der Waals surface area contributed by atoms with Gasteiger partial charge in [-0.1, -0.05) is 12.1 Å². The molecule has 0 spiro atoms. The number of aryl methyl sites for hydroxylation is 3. The van der Waals surface area contributed by atoms with Crippen molar-refractivity contribution >= 4 is 17.1 Å². The van der Waals surface area contributed by atoms with E-state index in [9.17, 15) is 15.3 Å². The van der Waals surface area contributed by atoms with Crippen LogP contribution in [0.1, 0.15) is 27.8 Å². The molecule has 34 heavy (non-hydrogen) atoms. The van der Waals surface area contributed by atoms with Gasteiger partial charge in [0.15, 0.2) is 0 Å². The third kappa shape index (κ3) is 4.25. The van der Waals surface area contributed by atoms with Crippen molar-refractivity contribution in [3.05, 3.63) is 94.5 Å². The minimum absolute atomic E-state index is 0.212. The van der Waals surface area contributed by atoms with Crippen molar-refractivity contribution in [1.29, 1.82) is 0 Å². The summed E-state index contributed by atoms with van der Waals surface area (Å²) in [7, 11) is 0. The summed E-state index contributed by atoms with van der Waals surface area (Å²) in [5, 5.41) is 30.7. The van der Waals surface area contributed by atoms with Crippen LogP contribution < -0.4 is 9.64 Å². The highest BCUT2D eigenvalue weighted by Crippen LogP contribution is 2.45. The number of hydrogen-bond acceptors (Lipinski definition) is 5. The first-order valence-corrected chi connectivity index (χ1v) is 11.1. The quantitative estimate of drug-likeness (QED) is 0.289. The molecule has 4 rings (SSSR count). The smallest absolute Gasteiger partial charge is 0.127 e. The molecule has 3 N–H and O–H groups in total. The first-order valence-electron chi connectivity index (χ1n) is 11.1. The van der Waals surface area contributed by atoms with Crippen molar-refractivity contribution in [2.75, 3.05) is 4.90 Å². The third-order valence-corrected chi connectivity index (χ3v) is 6.15. The molecule has 0 aromatic heterocycles. The van der Waals surface area contributed by atoms with E-state index in [0.29, 0.717) is 11.5 Å². The number of benzene rings is 4. The number of rotatable bonds is 5. The van der Waals surface area contributed by atoms with Crippen molar-refractivity contribution in [1.82, 2.24) is 0 Å². The molecular weight excluding hydrogens is 426 g/mol. The topological polar surface area (TPSA) is 73.2 Å². The Balaban J connectivity index is 1.83. The number of nitrogens with zero attached hydrogens (tertiary/aromatic N) is 1.